The summed E-state index contributed by atoms with van der Waals surface area (Å²) in [6.07, 6.45) is -0.740. The van der Waals surface area contributed by atoms with Gasteiger partial charge in [-0.05, 0) is 34.9 Å². The smallest absolute Gasteiger partial charge is 0.106 e. The van der Waals surface area contributed by atoms with Crippen LogP contribution in [0.25, 0.3) is 10.8 Å². The van der Waals surface area contributed by atoms with Crippen molar-refractivity contribution in [1.82, 2.24) is 0 Å². The average Bonchev–Trinajstić information content (AvgIpc) is 2.50. The van der Waals surface area contributed by atoms with Crippen LogP contribution in [0.3, 0.4) is 0 Å². The summed E-state index contributed by atoms with van der Waals surface area (Å²) >= 11 is 9.91. The molecule has 1 N–H and O–H groups in total. The van der Waals surface area contributed by atoms with Gasteiger partial charge in [-0.15, -0.1) is 0 Å². The van der Waals surface area contributed by atoms with Gasteiger partial charge in [0.1, 0.15) is 6.10 Å². The minimum absolute atomic E-state index is 0.622. The third-order valence-corrected chi connectivity index (χ3v) is 4.92. The van der Waals surface area contributed by atoms with E-state index in [0.717, 1.165) is 31.9 Å². The molecule has 3 heteroatoms. The molecule has 106 valence electrons. The second-order valence-corrected chi connectivity index (χ2v) is 6.30. The summed E-state index contributed by atoms with van der Waals surface area (Å²) in [5, 5.41) is 13.5. The fourth-order valence-corrected chi connectivity index (χ4v) is 3.28. The van der Waals surface area contributed by atoms with Crippen molar-refractivity contribution in [3.05, 3.63) is 80.8 Å². The van der Waals surface area contributed by atoms with Gasteiger partial charge in [-0.1, -0.05) is 76.1 Å². The highest BCUT2D eigenvalue weighted by atomic mass is 79.9. The van der Waals surface area contributed by atoms with Crippen LogP contribution in [0, 0.1) is 6.92 Å². The van der Waals surface area contributed by atoms with Crippen LogP contribution in [-0.4, -0.2) is 5.11 Å². The monoisotopic (exact) mass is 360 g/mol. The number of fused-ring (bicyclic) bond motifs is 1. The Balaban J connectivity index is 2.21. The quantitative estimate of drug-likeness (QED) is 0.625. The van der Waals surface area contributed by atoms with E-state index in [1.165, 1.54) is 0 Å². The van der Waals surface area contributed by atoms with Crippen molar-refractivity contribution >= 4 is 38.3 Å². The largest absolute Gasteiger partial charge is 0.384 e. The highest BCUT2D eigenvalue weighted by Gasteiger charge is 2.17. The molecule has 21 heavy (non-hydrogen) atoms. The summed E-state index contributed by atoms with van der Waals surface area (Å²) in [4.78, 5) is 0. The van der Waals surface area contributed by atoms with Crippen molar-refractivity contribution in [1.29, 1.82) is 0 Å². The number of aliphatic hydroxyl groups is 1. The molecule has 0 saturated heterocycles. The maximum atomic E-state index is 10.8. The summed E-state index contributed by atoms with van der Waals surface area (Å²) in [5.41, 5.74) is 2.57. The van der Waals surface area contributed by atoms with Crippen LogP contribution in [0.4, 0.5) is 0 Å². The van der Waals surface area contributed by atoms with Crippen molar-refractivity contribution in [2.24, 2.45) is 0 Å². The zero-order valence-corrected chi connectivity index (χ0v) is 13.8. The second kappa shape index (κ2) is 5.80. The van der Waals surface area contributed by atoms with Crippen molar-refractivity contribution in [2.75, 3.05) is 0 Å². The highest BCUT2D eigenvalue weighted by molar-refractivity contribution is 9.10. The Labute approximate surface area is 137 Å². The average molecular weight is 362 g/mol. The molecular formula is C18H14BrClO. The van der Waals surface area contributed by atoms with Crippen LogP contribution in [0.1, 0.15) is 22.8 Å². The zero-order chi connectivity index (χ0) is 15.0. The van der Waals surface area contributed by atoms with Gasteiger partial charge in [-0.25, -0.2) is 0 Å². The maximum Gasteiger partial charge on any atom is 0.106 e. The van der Waals surface area contributed by atoms with E-state index >= 15 is 0 Å². The van der Waals surface area contributed by atoms with Gasteiger partial charge < -0.3 is 5.11 Å². The van der Waals surface area contributed by atoms with Crippen molar-refractivity contribution in [3.63, 3.8) is 0 Å². The van der Waals surface area contributed by atoms with Gasteiger partial charge in [0.2, 0.25) is 0 Å². The van der Waals surface area contributed by atoms with Crippen molar-refractivity contribution in [3.8, 4) is 0 Å². The van der Waals surface area contributed by atoms with Crippen LogP contribution in [0.15, 0.2) is 59.1 Å². The molecule has 1 nitrogen and oxygen atoms in total. The van der Waals surface area contributed by atoms with Crippen LogP contribution >= 0.6 is 27.5 Å². The van der Waals surface area contributed by atoms with Gasteiger partial charge in [-0.3, -0.25) is 0 Å². The van der Waals surface area contributed by atoms with Crippen LogP contribution in [0.2, 0.25) is 5.02 Å². The first-order chi connectivity index (χ1) is 10.1. The summed E-state index contributed by atoms with van der Waals surface area (Å²) in [6.45, 7) is 1.94. The molecule has 3 aromatic carbocycles. The van der Waals surface area contributed by atoms with Crippen LogP contribution in [-0.2, 0) is 0 Å². The lowest BCUT2D eigenvalue weighted by Gasteiger charge is -2.17. The van der Waals surface area contributed by atoms with E-state index in [1.54, 1.807) is 0 Å². The van der Waals surface area contributed by atoms with Crippen molar-refractivity contribution < 1.29 is 5.11 Å². The third-order valence-electron chi connectivity index (χ3n) is 3.72. The number of benzene rings is 3. The lowest BCUT2D eigenvalue weighted by molar-refractivity contribution is 0.222. The van der Waals surface area contributed by atoms with E-state index in [0.29, 0.717) is 5.02 Å². The van der Waals surface area contributed by atoms with E-state index in [4.69, 9.17) is 11.6 Å². The molecule has 1 atom stereocenters. The Morgan fingerprint density at radius 1 is 0.905 bits per heavy atom. The van der Waals surface area contributed by atoms with Gasteiger partial charge in [0, 0.05) is 15.1 Å². The van der Waals surface area contributed by atoms with Crippen LogP contribution in [0.5, 0.6) is 0 Å². The lowest BCUT2D eigenvalue weighted by Crippen LogP contribution is -2.02. The third kappa shape index (κ3) is 2.59. The SMILES string of the molecule is Cc1cccc(C(O)c2ccc(Br)c3ccccc23)c1Cl. The van der Waals surface area contributed by atoms with Crippen molar-refractivity contribution in [2.45, 2.75) is 13.0 Å². The molecule has 0 saturated carbocycles. The van der Waals surface area contributed by atoms with E-state index in [9.17, 15) is 5.11 Å². The molecule has 0 radical (unpaired) electrons. The minimum Gasteiger partial charge on any atom is -0.384 e. The molecule has 0 amide bonds. The first-order valence-electron chi connectivity index (χ1n) is 6.70. The molecule has 0 aliphatic carbocycles. The highest BCUT2D eigenvalue weighted by Crippen LogP contribution is 2.36. The molecule has 3 aromatic rings. The second-order valence-electron chi connectivity index (χ2n) is 5.06. The number of aliphatic hydroxyl groups excluding tert-OH is 1. The Morgan fingerprint density at radius 2 is 1.62 bits per heavy atom. The molecule has 0 aromatic heterocycles. The molecule has 0 bridgehead atoms. The Bertz CT molecular complexity index is 813. The number of hydrogen-bond donors (Lipinski definition) is 1. The molecule has 0 heterocycles. The molecule has 0 aliphatic heterocycles. The summed E-state index contributed by atoms with van der Waals surface area (Å²) in [5.74, 6) is 0. The van der Waals surface area contributed by atoms with Gasteiger partial charge in [-0.2, -0.15) is 0 Å². The first-order valence-corrected chi connectivity index (χ1v) is 7.87. The molecule has 0 fully saturated rings. The Morgan fingerprint density at radius 3 is 2.38 bits per heavy atom. The Kier molecular flexibility index (Phi) is 4.03. The lowest BCUT2D eigenvalue weighted by atomic mass is 9.95. The van der Waals surface area contributed by atoms with E-state index in [1.807, 2.05) is 61.5 Å². The molecular weight excluding hydrogens is 348 g/mol. The fourth-order valence-electron chi connectivity index (χ4n) is 2.57. The fraction of sp³-hybridized carbons (Fsp3) is 0.111. The molecule has 1 unspecified atom stereocenters. The normalized spacial score (nSPS) is 12.6. The van der Waals surface area contributed by atoms with Gasteiger partial charge in [0.05, 0.1) is 0 Å². The van der Waals surface area contributed by atoms with E-state index < -0.39 is 6.10 Å². The summed E-state index contributed by atoms with van der Waals surface area (Å²) in [7, 11) is 0. The summed E-state index contributed by atoms with van der Waals surface area (Å²) in [6, 6.07) is 17.7. The first kappa shape index (κ1) is 14.6. The number of hydrogen-bond acceptors (Lipinski definition) is 1. The van der Waals surface area contributed by atoms with E-state index in [-0.39, 0.29) is 0 Å². The molecule has 3 rings (SSSR count). The van der Waals surface area contributed by atoms with Crippen LogP contribution < -0.4 is 0 Å². The Hall–Kier alpha value is -1.35. The standard InChI is InChI=1S/C18H14BrClO/c1-11-5-4-8-15(17(11)20)18(21)14-9-10-16(19)13-7-3-2-6-12(13)14/h2-10,18,21H,1H3. The number of aryl methyl sites for hydroxylation is 1. The zero-order valence-electron chi connectivity index (χ0n) is 11.5. The van der Waals surface area contributed by atoms with Gasteiger partial charge >= 0.3 is 0 Å². The molecule has 0 spiro atoms. The minimum atomic E-state index is -0.740. The predicted molar refractivity (Wildman–Crippen MR) is 91.9 cm³/mol. The van der Waals surface area contributed by atoms with E-state index in [2.05, 4.69) is 15.9 Å². The maximum absolute atomic E-state index is 10.8. The van der Waals surface area contributed by atoms with Gasteiger partial charge in [0.25, 0.3) is 0 Å². The van der Waals surface area contributed by atoms with Gasteiger partial charge in [0.15, 0.2) is 0 Å². The topological polar surface area (TPSA) is 20.2 Å². The predicted octanol–water partition coefficient (Wildman–Crippen LogP) is 5.65. The molecule has 0 aliphatic rings. The summed E-state index contributed by atoms with van der Waals surface area (Å²) < 4.78 is 1.02. The number of halogens is 2. The number of rotatable bonds is 2.